The summed E-state index contributed by atoms with van der Waals surface area (Å²) in [5, 5.41) is 2.47. The maximum atomic E-state index is 12.7. The van der Waals surface area contributed by atoms with Crippen molar-refractivity contribution in [1.29, 1.82) is 0 Å². The Hall–Kier alpha value is -2.57. The summed E-state index contributed by atoms with van der Waals surface area (Å²) in [6.45, 7) is 12.3. The fraction of sp³-hybridized carbons (Fsp3) is 0.591. The molecule has 0 heterocycles. The monoisotopic (exact) mass is 407 g/mol. The molecule has 3 atom stereocenters. The van der Waals surface area contributed by atoms with Crippen LogP contribution >= 0.6 is 0 Å². The molecule has 1 N–H and O–H groups in total. The van der Waals surface area contributed by atoms with Crippen LogP contribution in [0.5, 0.6) is 0 Å². The molecule has 0 aliphatic rings. The quantitative estimate of drug-likeness (QED) is 0.520. The first-order valence-corrected chi connectivity index (χ1v) is 9.81. The van der Waals surface area contributed by atoms with Crippen LogP contribution in [0.1, 0.15) is 54.0 Å². The predicted octanol–water partition coefficient (Wildman–Crippen LogP) is 3.85. The maximum Gasteiger partial charge on any atom is 0.408 e. The van der Waals surface area contributed by atoms with Gasteiger partial charge in [0.25, 0.3) is 0 Å². The van der Waals surface area contributed by atoms with Gasteiger partial charge in [0, 0.05) is 0 Å². The second kappa shape index (κ2) is 10.8. The molecule has 7 heteroatoms. The predicted molar refractivity (Wildman–Crippen MR) is 109 cm³/mol. The number of ether oxygens (including phenoxy) is 3. The molecule has 0 aromatic heterocycles. The van der Waals surface area contributed by atoms with Crippen molar-refractivity contribution in [2.24, 2.45) is 11.8 Å². The number of hydrogen-bond acceptors (Lipinski definition) is 6. The highest BCUT2D eigenvalue weighted by Crippen LogP contribution is 2.15. The topological polar surface area (TPSA) is 90.9 Å². The van der Waals surface area contributed by atoms with Crippen LogP contribution in [0, 0.1) is 11.8 Å². The zero-order chi connectivity index (χ0) is 22.2. The van der Waals surface area contributed by atoms with Crippen molar-refractivity contribution in [3.8, 4) is 0 Å². The molecule has 0 radical (unpaired) electrons. The van der Waals surface area contributed by atoms with Gasteiger partial charge in [0.05, 0.1) is 5.92 Å². The molecule has 0 bridgehead atoms. The Labute approximate surface area is 173 Å². The van der Waals surface area contributed by atoms with E-state index in [4.69, 9.17) is 14.2 Å². The van der Waals surface area contributed by atoms with E-state index in [2.05, 4.69) is 5.32 Å². The van der Waals surface area contributed by atoms with Crippen LogP contribution in [-0.2, 0) is 30.4 Å². The first-order valence-electron chi connectivity index (χ1n) is 9.81. The lowest BCUT2D eigenvalue weighted by Crippen LogP contribution is -2.51. The van der Waals surface area contributed by atoms with Crippen molar-refractivity contribution in [3.63, 3.8) is 0 Å². The zero-order valence-corrected chi connectivity index (χ0v) is 18.4. The molecule has 0 fully saturated rings. The van der Waals surface area contributed by atoms with Crippen molar-refractivity contribution < 1.29 is 28.6 Å². The summed E-state index contributed by atoms with van der Waals surface area (Å²) in [7, 11) is 0. The maximum absolute atomic E-state index is 12.7. The minimum atomic E-state index is -1.20. The number of carbonyl (C=O) groups is 3. The van der Waals surface area contributed by atoms with Gasteiger partial charge in [0.1, 0.15) is 18.3 Å². The number of esters is 2. The van der Waals surface area contributed by atoms with Crippen molar-refractivity contribution >= 4 is 18.0 Å². The molecule has 0 saturated carbocycles. The van der Waals surface area contributed by atoms with E-state index in [0.29, 0.717) is 0 Å². The van der Waals surface area contributed by atoms with Gasteiger partial charge in [-0.2, -0.15) is 0 Å². The van der Waals surface area contributed by atoms with Crippen molar-refractivity contribution in [2.75, 3.05) is 0 Å². The minimum absolute atomic E-state index is 0.0369. The molecule has 7 nitrogen and oxygen atoms in total. The molecule has 162 valence electrons. The van der Waals surface area contributed by atoms with Gasteiger partial charge in [-0.15, -0.1) is 0 Å². The first kappa shape index (κ1) is 24.5. The summed E-state index contributed by atoms with van der Waals surface area (Å²) in [5.41, 5.74) is 0.0595. The van der Waals surface area contributed by atoms with Gasteiger partial charge in [-0.1, -0.05) is 51.1 Å². The zero-order valence-electron chi connectivity index (χ0n) is 18.4. The molecule has 1 aromatic rings. The third-order valence-corrected chi connectivity index (χ3v) is 4.29. The van der Waals surface area contributed by atoms with Crippen LogP contribution in [0.15, 0.2) is 30.3 Å². The van der Waals surface area contributed by atoms with E-state index in [1.54, 1.807) is 27.7 Å². The highest BCUT2D eigenvalue weighted by Gasteiger charge is 2.34. The average molecular weight is 408 g/mol. The number of carbonyl (C=O) groups excluding carboxylic acids is 3. The summed E-state index contributed by atoms with van der Waals surface area (Å²) in [4.78, 5) is 37.2. The van der Waals surface area contributed by atoms with E-state index in [0.717, 1.165) is 5.56 Å². The van der Waals surface area contributed by atoms with Crippen molar-refractivity contribution in [3.05, 3.63) is 35.9 Å². The molecule has 0 aliphatic carbocycles. The molecule has 1 aromatic carbocycles. The van der Waals surface area contributed by atoms with E-state index in [-0.39, 0.29) is 18.4 Å². The fourth-order valence-electron chi connectivity index (χ4n) is 2.25. The van der Waals surface area contributed by atoms with E-state index < -0.39 is 35.8 Å². The van der Waals surface area contributed by atoms with Gasteiger partial charge >= 0.3 is 18.0 Å². The van der Waals surface area contributed by atoms with Gasteiger partial charge in [-0.05, 0) is 39.2 Å². The van der Waals surface area contributed by atoms with Crippen LogP contribution in [0.3, 0.4) is 0 Å². The molecule has 0 aliphatic heterocycles. The Morgan fingerprint density at radius 2 is 1.55 bits per heavy atom. The highest BCUT2D eigenvalue weighted by atomic mass is 16.6. The van der Waals surface area contributed by atoms with Gasteiger partial charge < -0.3 is 19.5 Å². The molecule has 0 unspecified atom stereocenters. The molecule has 29 heavy (non-hydrogen) atoms. The van der Waals surface area contributed by atoms with Crippen LogP contribution in [0.2, 0.25) is 0 Å². The van der Waals surface area contributed by atoms with E-state index >= 15 is 0 Å². The second-order valence-corrected chi connectivity index (χ2v) is 8.39. The number of nitrogens with one attached hydrogen (secondary N) is 1. The second-order valence-electron chi connectivity index (χ2n) is 8.39. The Morgan fingerprint density at radius 1 is 0.966 bits per heavy atom. The molecule has 1 rings (SSSR count). The van der Waals surface area contributed by atoms with E-state index in [9.17, 15) is 14.4 Å². The molecular formula is C22H33NO6. The van der Waals surface area contributed by atoms with Crippen molar-refractivity contribution in [1.82, 2.24) is 5.32 Å². The Kier molecular flexibility index (Phi) is 9.14. The van der Waals surface area contributed by atoms with Gasteiger partial charge in [0.15, 0.2) is 6.04 Å². The summed E-state index contributed by atoms with van der Waals surface area (Å²) in [5.74, 6) is -1.42. The number of alkyl carbamates (subject to hydrolysis) is 1. The normalized spacial score (nSPS) is 14.5. The molecule has 0 saturated heterocycles. The average Bonchev–Trinajstić information content (AvgIpc) is 2.62. The summed E-state index contributed by atoms with van der Waals surface area (Å²) < 4.78 is 16.0. The molecule has 1 amide bonds. The summed E-state index contributed by atoms with van der Waals surface area (Å²) in [6, 6.07) is 7.95. The summed E-state index contributed by atoms with van der Waals surface area (Å²) in [6.07, 6.45) is -1.72. The van der Waals surface area contributed by atoms with Gasteiger partial charge in [-0.3, -0.25) is 4.79 Å². The van der Waals surface area contributed by atoms with Crippen LogP contribution in [-0.4, -0.2) is 35.8 Å². The van der Waals surface area contributed by atoms with Crippen LogP contribution in [0.25, 0.3) is 0 Å². The number of amides is 1. The lowest BCUT2D eigenvalue weighted by Gasteiger charge is -2.27. The Bertz CT molecular complexity index is 680. The molecule has 0 spiro atoms. The SMILES string of the molecule is CC(C)[C@H](C)C(=O)O[C@H](C)[C@H](NC(=O)OC(C)(C)C)C(=O)OCc1ccccc1. The van der Waals surface area contributed by atoms with Crippen molar-refractivity contribution in [2.45, 2.75) is 72.8 Å². The summed E-state index contributed by atoms with van der Waals surface area (Å²) >= 11 is 0. The minimum Gasteiger partial charge on any atom is -0.460 e. The van der Waals surface area contributed by atoms with Crippen LogP contribution < -0.4 is 5.32 Å². The molecular weight excluding hydrogens is 374 g/mol. The van der Waals surface area contributed by atoms with Gasteiger partial charge in [0.2, 0.25) is 0 Å². The highest BCUT2D eigenvalue weighted by molar-refractivity contribution is 5.82. The van der Waals surface area contributed by atoms with Crippen LogP contribution in [0.4, 0.5) is 4.79 Å². The lowest BCUT2D eigenvalue weighted by molar-refractivity contribution is -0.161. The lowest BCUT2D eigenvalue weighted by atomic mass is 9.98. The van der Waals surface area contributed by atoms with E-state index in [1.807, 2.05) is 44.2 Å². The Balaban J connectivity index is 2.87. The standard InChI is InChI=1S/C22H33NO6/c1-14(2)15(3)19(24)28-16(4)18(23-21(26)29-22(5,6)7)20(25)27-13-17-11-9-8-10-12-17/h8-12,14-16,18H,13H2,1-7H3,(H,23,26)/t15-,16+,18-/m0/s1. The first-order chi connectivity index (χ1) is 13.4. The third-order valence-electron chi connectivity index (χ3n) is 4.29. The fourth-order valence-corrected chi connectivity index (χ4v) is 2.25. The number of benzene rings is 1. The van der Waals surface area contributed by atoms with E-state index in [1.165, 1.54) is 6.92 Å². The number of hydrogen-bond donors (Lipinski definition) is 1. The third kappa shape index (κ3) is 8.98. The Morgan fingerprint density at radius 3 is 2.07 bits per heavy atom. The number of rotatable bonds is 8. The smallest absolute Gasteiger partial charge is 0.408 e. The van der Waals surface area contributed by atoms with Gasteiger partial charge in [-0.25, -0.2) is 9.59 Å². The largest absolute Gasteiger partial charge is 0.460 e.